The zero-order valence-corrected chi connectivity index (χ0v) is 17.9. The molecule has 0 atom stereocenters. The molecule has 0 aliphatic carbocycles. The lowest BCUT2D eigenvalue weighted by Gasteiger charge is -2.12. The molecular formula is C25H21N5O3. The predicted molar refractivity (Wildman–Crippen MR) is 123 cm³/mol. The van der Waals surface area contributed by atoms with Crippen LogP contribution in [0.15, 0.2) is 78.9 Å². The number of rotatable bonds is 8. The van der Waals surface area contributed by atoms with E-state index in [-0.39, 0.29) is 0 Å². The van der Waals surface area contributed by atoms with Gasteiger partial charge >= 0.3 is 0 Å². The summed E-state index contributed by atoms with van der Waals surface area (Å²) in [6, 6.07) is 25.3. The van der Waals surface area contributed by atoms with Crippen molar-refractivity contribution < 1.29 is 14.2 Å². The van der Waals surface area contributed by atoms with Gasteiger partial charge in [-0.1, -0.05) is 48.5 Å². The van der Waals surface area contributed by atoms with Gasteiger partial charge in [0.25, 0.3) is 0 Å². The van der Waals surface area contributed by atoms with Gasteiger partial charge in [0.05, 0.1) is 18.3 Å². The Morgan fingerprint density at radius 2 is 1.55 bits per heavy atom. The van der Waals surface area contributed by atoms with E-state index in [1.165, 1.54) is 0 Å². The van der Waals surface area contributed by atoms with E-state index in [2.05, 4.69) is 25.6 Å². The molecule has 0 unspecified atom stereocenters. The fraction of sp³-hybridized carbons (Fsp3) is 0.120. The number of fused-ring (bicyclic) bond motifs is 1. The molecule has 8 heteroatoms. The fourth-order valence-corrected chi connectivity index (χ4v) is 3.38. The first-order valence-corrected chi connectivity index (χ1v) is 10.4. The van der Waals surface area contributed by atoms with Crippen LogP contribution in [0.1, 0.15) is 11.3 Å². The smallest absolute Gasteiger partial charge is 0.204 e. The molecule has 164 valence electrons. The van der Waals surface area contributed by atoms with Gasteiger partial charge in [-0.05, 0) is 22.9 Å². The Morgan fingerprint density at radius 1 is 0.788 bits per heavy atom. The molecule has 5 rings (SSSR count). The summed E-state index contributed by atoms with van der Waals surface area (Å²) in [7, 11) is 1.62. The lowest BCUT2D eigenvalue weighted by atomic mass is 10.1. The quantitative estimate of drug-likeness (QED) is 0.378. The third kappa shape index (κ3) is 4.90. The Labute approximate surface area is 190 Å². The number of hydrogen-bond acceptors (Lipinski definition) is 7. The highest BCUT2D eigenvalue weighted by Crippen LogP contribution is 2.29. The molecule has 0 saturated carbocycles. The maximum Gasteiger partial charge on any atom is 0.204 e. The van der Waals surface area contributed by atoms with Crippen LogP contribution in [0.25, 0.3) is 22.3 Å². The number of aromatic nitrogens is 5. The molecule has 0 aliphatic heterocycles. The van der Waals surface area contributed by atoms with Crippen LogP contribution in [0.4, 0.5) is 0 Å². The second kappa shape index (κ2) is 9.35. The summed E-state index contributed by atoms with van der Waals surface area (Å²) in [5.41, 5.74) is 3.68. The number of methoxy groups -OCH3 is 1. The summed E-state index contributed by atoms with van der Waals surface area (Å²) in [5.74, 6) is 2.50. The normalized spacial score (nSPS) is 10.8. The molecule has 0 bridgehead atoms. The third-order valence-electron chi connectivity index (χ3n) is 5.10. The minimum atomic E-state index is 0.342. The highest BCUT2D eigenvalue weighted by molar-refractivity contribution is 5.78. The molecular weight excluding hydrogens is 418 g/mol. The van der Waals surface area contributed by atoms with Gasteiger partial charge < -0.3 is 14.2 Å². The van der Waals surface area contributed by atoms with Gasteiger partial charge in [-0.15, -0.1) is 10.2 Å². The van der Waals surface area contributed by atoms with Crippen LogP contribution >= 0.6 is 0 Å². The molecule has 5 aromatic rings. The maximum atomic E-state index is 5.99. The number of nitrogens with zero attached hydrogens (tertiary/aromatic N) is 4. The van der Waals surface area contributed by atoms with Crippen LogP contribution in [0.5, 0.6) is 17.2 Å². The Kier molecular flexibility index (Phi) is 5.79. The van der Waals surface area contributed by atoms with Crippen LogP contribution in [0.2, 0.25) is 0 Å². The molecule has 2 heterocycles. The molecule has 0 amide bonds. The second-order valence-corrected chi connectivity index (χ2v) is 7.35. The van der Waals surface area contributed by atoms with Crippen molar-refractivity contribution in [2.45, 2.75) is 13.2 Å². The molecule has 3 aromatic carbocycles. The number of aromatic amines is 1. The van der Waals surface area contributed by atoms with Gasteiger partial charge in [0.2, 0.25) is 5.82 Å². The number of nitrogens with one attached hydrogen (secondary N) is 1. The highest BCUT2D eigenvalue weighted by atomic mass is 16.5. The van der Waals surface area contributed by atoms with Crippen molar-refractivity contribution in [2.75, 3.05) is 7.11 Å². The summed E-state index contributed by atoms with van der Waals surface area (Å²) in [5, 5.41) is 15.1. The number of benzene rings is 3. The van der Waals surface area contributed by atoms with Crippen molar-refractivity contribution in [1.82, 2.24) is 25.6 Å². The minimum absolute atomic E-state index is 0.342. The Morgan fingerprint density at radius 3 is 2.30 bits per heavy atom. The maximum absolute atomic E-state index is 5.99. The number of hydrogen-bond donors (Lipinski definition) is 1. The van der Waals surface area contributed by atoms with Crippen LogP contribution in [-0.2, 0) is 13.2 Å². The van der Waals surface area contributed by atoms with Gasteiger partial charge in [-0.3, -0.25) is 0 Å². The third-order valence-corrected chi connectivity index (χ3v) is 5.10. The van der Waals surface area contributed by atoms with Crippen molar-refractivity contribution in [2.24, 2.45) is 0 Å². The van der Waals surface area contributed by atoms with Crippen LogP contribution < -0.4 is 14.2 Å². The summed E-state index contributed by atoms with van der Waals surface area (Å²) in [6.07, 6.45) is 0. The first-order valence-electron chi connectivity index (χ1n) is 10.4. The Hall–Kier alpha value is -4.46. The predicted octanol–water partition coefficient (Wildman–Crippen LogP) is 4.58. The zero-order valence-electron chi connectivity index (χ0n) is 17.9. The number of pyridine rings is 1. The van der Waals surface area contributed by atoms with Crippen molar-refractivity contribution in [3.05, 3.63) is 90.1 Å². The van der Waals surface area contributed by atoms with Gasteiger partial charge in [-0.2, -0.15) is 5.21 Å². The van der Waals surface area contributed by atoms with E-state index < -0.39 is 0 Å². The molecule has 8 nitrogen and oxygen atoms in total. The summed E-state index contributed by atoms with van der Waals surface area (Å²) >= 11 is 0. The van der Waals surface area contributed by atoms with E-state index in [0.29, 0.717) is 36.3 Å². The monoisotopic (exact) mass is 439 g/mol. The lowest BCUT2D eigenvalue weighted by molar-refractivity contribution is 0.284. The SMILES string of the molecule is COc1cc(OCc2ccc(-c3nn[nH]n3)cc2)cc(OCc2ccc3ccccc3n2)c1. The molecule has 0 fully saturated rings. The van der Waals surface area contributed by atoms with Crippen molar-refractivity contribution >= 4 is 10.9 Å². The van der Waals surface area contributed by atoms with Gasteiger partial charge in [0.1, 0.15) is 30.5 Å². The number of para-hydroxylation sites is 1. The second-order valence-electron chi connectivity index (χ2n) is 7.35. The van der Waals surface area contributed by atoms with E-state index in [4.69, 9.17) is 14.2 Å². The van der Waals surface area contributed by atoms with Gasteiger partial charge in [-0.25, -0.2) is 4.98 Å². The van der Waals surface area contributed by atoms with E-state index in [1.54, 1.807) is 7.11 Å². The van der Waals surface area contributed by atoms with Crippen LogP contribution in [-0.4, -0.2) is 32.7 Å². The van der Waals surface area contributed by atoms with Crippen molar-refractivity contribution in [3.63, 3.8) is 0 Å². The number of tetrazole rings is 1. The topological polar surface area (TPSA) is 95.0 Å². The molecule has 0 aliphatic rings. The summed E-state index contributed by atoms with van der Waals surface area (Å²) in [4.78, 5) is 4.65. The van der Waals surface area contributed by atoms with E-state index in [9.17, 15) is 0 Å². The summed E-state index contributed by atoms with van der Waals surface area (Å²) in [6.45, 7) is 0.736. The molecule has 33 heavy (non-hydrogen) atoms. The first-order chi connectivity index (χ1) is 16.3. The summed E-state index contributed by atoms with van der Waals surface area (Å²) < 4.78 is 17.4. The Balaban J connectivity index is 1.25. The highest BCUT2D eigenvalue weighted by Gasteiger charge is 2.07. The average Bonchev–Trinajstić information content (AvgIpc) is 3.41. The average molecular weight is 439 g/mol. The lowest BCUT2D eigenvalue weighted by Crippen LogP contribution is -2.00. The van der Waals surface area contributed by atoms with Crippen LogP contribution in [0.3, 0.4) is 0 Å². The molecule has 2 aromatic heterocycles. The number of ether oxygens (including phenoxy) is 3. The van der Waals surface area contributed by atoms with Gasteiger partial charge in [0.15, 0.2) is 0 Å². The standard InChI is InChI=1S/C25H21N5O3/c1-31-21-12-22(32-15-17-6-8-19(9-7-17)25-27-29-30-28-25)14-23(13-21)33-16-20-11-10-18-4-2-3-5-24(18)26-20/h2-14H,15-16H2,1H3,(H,27,28,29,30). The van der Waals surface area contributed by atoms with Gasteiger partial charge in [0, 0.05) is 29.1 Å². The Bertz CT molecular complexity index is 1350. The van der Waals surface area contributed by atoms with E-state index >= 15 is 0 Å². The zero-order chi connectivity index (χ0) is 22.5. The molecule has 0 saturated heterocycles. The van der Waals surface area contributed by atoms with Crippen molar-refractivity contribution in [1.29, 1.82) is 0 Å². The van der Waals surface area contributed by atoms with E-state index in [1.807, 2.05) is 78.9 Å². The molecule has 1 N–H and O–H groups in total. The number of H-pyrrole nitrogens is 1. The molecule has 0 radical (unpaired) electrons. The first kappa shape index (κ1) is 20.4. The minimum Gasteiger partial charge on any atom is -0.496 e. The van der Waals surface area contributed by atoms with Crippen molar-refractivity contribution in [3.8, 4) is 28.6 Å². The molecule has 0 spiro atoms. The largest absolute Gasteiger partial charge is 0.496 e. The van der Waals surface area contributed by atoms with Crippen LogP contribution in [0, 0.1) is 0 Å². The fourth-order valence-electron chi connectivity index (χ4n) is 3.38. The van der Waals surface area contributed by atoms with E-state index in [0.717, 1.165) is 27.7 Å².